The predicted molar refractivity (Wildman–Crippen MR) is 42.2 cm³/mol. The van der Waals surface area contributed by atoms with E-state index in [2.05, 4.69) is 0 Å². The molecule has 0 rings (SSSR count). The Morgan fingerprint density at radius 3 is 2.36 bits per heavy atom. The van der Waals surface area contributed by atoms with Crippen molar-refractivity contribution in [3.63, 3.8) is 0 Å². The van der Waals surface area contributed by atoms with Gasteiger partial charge in [-0.05, 0) is 26.7 Å². The van der Waals surface area contributed by atoms with Gasteiger partial charge in [0.25, 0.3) is 0 Å². The van der Waals surface area contributed by atoms with Crippen molar-refractivity contribution in [2.45, 2.75) is 45.3 Å². The lowest BCUT2D eigenvalue weighted by Crippen LogP contribution is -2.22. The SMILES string of the molecule is CC(=O)CCC[C@H](O)[C@@H](C)O. The largest absolute Gasteiger partial charge is 0.391 e. The molecule has 2 atom stereocenters. The predicted octanol–water partition coefficient (Wildman–Crippen LogP) is 0.487. The molecule has 0 aliphatic carbocycles. The molecule has 3 heteroatoms. The maximum Gasteiger partial charge on any atom is 0.129 e. The van der Waals surface area contributed by atoms with Gasteiger partial charge in [0.1, 0.15) is 5.78 Å². The smallest absolute Gasteiger partial charge is 0.129 e. The Balaban J connectivity index is 3.31. The van der Waals surface area contributed by atoms with Crippen LogP contribution >= 0.6 is 0 Å². The number of hydrogen-bond donors (Lipinski definition) is 2. The molecule has 0 aliphatic rings. The topological polar surface area (TPSA) is 57.5 Å². The zero-order valence-corrected chi connectivity index (χ0v) is 7.08. The summed E-state index contributed by atoms with van der Waals surface area (Å²) in [6.07, 6.45) is 0.263. The summed E-state index contributed by atoms with van der Waals surface area (Å²) in [5, 5.41) is 17.9. The second-order valence-corrected chi connectivity index (χ2v) is 2.90. The lowest BCUT2D eigenvalue weighted by molar-refractivity contribution is -0.117. The van der Waals surface area contributed by atoms with Crippen LogP contribution in [0.25, 0.3) is 0 Å². The van der Waals surface area contributed by atoms with Crippen LogP contribution in [0.15, 0.2) is 0 Å². The van der Waals surface area contributed by atoms with Crippen LogP contribution in [0.2, 0.25) is 0 Å². The minimum absolute atomic E-state index is 0.128. The van der Waals surface area contributed by atoms with Gasteiger partial charge >= 0.3 is 0 Å². The molecule has 0 radical (unpaired) electrons. The molecule has 0 aromatic rings. The van der Waals surface area contributed by atoms with E-state index in [1.165, 1.54) is 6.92 Å². The molecule has 11 heavy (non-hydrogen) atoms. The van der Waals surface area contributed by atoms with E-state index in [1.807, 2.05) is 0 Å². The summed E-state index contributed by atoms with van der Waals surface area (Å²) < 4.78 is 0. The van der Waals surface area contributed by atoms with Gasteiger partial charge in [-0.15, -0.1) is 0 Å². The van der Waals surface area contributed by atoms with Crippen LogP contribution in [0.1, 0.15) is 33.1 Å². The van der Waals surface area contributed by atoms with Gasteiger partial charge in [-0.3, -0.25) is 0 Å². The van der Waals surface area contributed by atoms with Crippen molar-refractivity contribution in [2.75, 3.05) is 0 Å². The van der Waals surface area contributed by atoms with Gasteiger partial charge < -0.3 is 15.0 Å². The fourth-order valence-corrected chi connectivity index (χ4v) is 0.801. The average Bonchev–Trinajstić information content (AvgIpc) is 1.86. The maximum absolute atomic E-state index is 10.5. The molecule has 0 unspecified atom stereocenters. The van der Waals surface area contributed by atoms with Crippen LogP contribution in [0.3, 0.4) is 0 Å². The highest BCUT2D eigenvalue weighted by Crippen LogP contribution is 2.04. The van der Waals surface area contributed by atoms with Crippen molar-refractivity contribution in [2.24, 2.45) is 0 Å². The van der Waals surface area contributed by atoms with Gasteiger partial charge in [0, 0.05) is 6.42 Å². The zero-order chi connectivity index (χ0) is 8.85. The summed E-state index contributed by atoms with van der Waals surface area (Å²) in [4.78, 5) is 10.5. The standard InChI is InChI=1S/C8H16O3/c1-6(9)4-3-5-8(11)7(2)10/h7-8,10-11H,3-5H2,1-2H3/t7-,8+/m1/s1. The highest BCUT2D eigenvalue weighted by atomic mass is 16.3. The number of hydrogen-bond acceptors (Lipinski definition) is 3. The molecule has 0 heterocycles. The Morgan fingerprint density at radius 2 is 2.00 bits per heavy atom. The highest BCUT2D eigenvalue weighted by molar-refractivity contribution is 5.75. The quantitative estimate of drug-likeness (QED) is 0.615. The molecule has 0 bridgehead atoms. The maximum atomic E-state index is 10.5. The average molecular weight is 160 g/mol. The molecular formula is C8H16O3. The monoisotopic (exact) mass is 160 g/mol. The third kappa shape index (κ3) is 6.01. The van der Waals surface area contributed by atoms with Gasteiger partial charge in [-0.25, -0.2) is 0 Å². The van der Waals surface area contributed by atoms with E-state index in [0.717, 1.165) is 0 Å². The molecule has 0 aliphatic heterocycles. The van der Waals surface area contributed by atoms with Crippen LogP contribution in [0.4, 0.5) is 0 Å². The number of rotatable bonds is 5. The normalized spacial score (nSPS) is 16.0. The van der Waals surface area contributed by atoms with Crippen LogP contribution in [0.5, 0.6) is 0 Å². The first-order valence-corrected chi connectivity index (χ1v) is 3.89. The van der Waals surface area contributed by atoms with E-state index in [0.29, 0.717) is 19.3 Å². The number of carbonyl (C=O) groups is 1. The lowest BCUT2D eigenvalue weighted by Gasteiger charge is -2.11. The third-order valence-electron chi connectivity index (χ3n) is 1.59. The van der Waals surface area contributed by atoms with Crippen molar-refractivity contribution in [3.8, 4) is 0 Å². The second kappa shape index (κ2) is 5.27. The molecule has 0 aromatic heterocycles. The first-order chi connectivity index (χ1) is 5.04. The number of Topliss-reactive ketones (excluding diaryl/α,β-unsaturated/α-hetero) is 1. The third-order valence-corrected chi connectivity index (χ3v) is 1.59. The molecule has 0 amide bonds. The van der Waals surface area contributed by atoms with E-state index in [4.69, 9.17) is 10.2 Å². The van der Waals surface area contributed by atoms with Gasteiger partial charge in [-0.1, -0.05) is 0 Å². The van der Waals surface area contributed by atoms with Crippen molar-refractivity contribution in [1.82, 2.24) is 0 Å². The van der Waals surface area contributed by atoms with E-state index >= 15 is 0 Å². The van der Waals surface area contributed by atoms with Crippen LogP contribution < -0.4 is 0 Å². The Bertz CT molecular complexity index is 121. The van der Waals surface area contributed by atoms with Gasteiger partial charge in [-0.2, -0.15) is 0 Å². The first kappa shape index (κ1) is 10.6. The molecule has 0 saturated heterocycles. The van der Waals surface area contributed by atoms with Crippen molar-refractivity contribution in [3.05, 3.63) is 0 Å². The van der Waals surface area contributed by atoms with Crippen molar-refractivity contribution < 1.29 is 15.0 Å². The Labute approximate surface area is 67.0 Å². The molecule has 0 spiro atoms. The minimum atomic E-state index is -0.693. The Morgan fingerprint density at radius 1 is 1.45 bits per heavy atom. The summed E-state index contributed by atoms with van der Waals surface area (Å²) >= 11 is 0. The molecule has 2 N–H and O–H groups in total. The number of aliphatic hydroxyl groups is 2. The summed E-state index contributed by atoms with van der Waals surface area (Å²) in [6.45, 7) is 3.06. The molecular weight excluding hydrogens is 144 g/mol. The molecule has 0 saturated carbocycles. The van der Waals surface area contributed by atoms with Gasteiger partial charge in [0.15, 0.2) is 0 Å². The second-order valence-electron chi connectivity index (χ2n) is 2.90. The summed E-state index contributed by atoms with van der Waals surface area (Å²) in [7, 11) is 0. The first-order valence-electron chi connectivity index (χ1n) is 3.89. The van der Waals surface area contributed by atoms with E-state index in [9.17, 15) is 4.79 Å². The van der Waals surface area contributed by atoms with Gasteiger partial charge in [0.05, 0.1) is 12.2 Å². The van der Waals surface area contributed by atoms with Crippen LogP contribution in [-0.4, -0.2) is 28.2 Å². The fraction of sp³-hybridized carbons (Fsp3) is 0.875. The zero-order valence-electron chi connectivity index (χ0n) is 7.08. The molecule has 3 nitrogen and oxygen atoms in total. The Kier molecular flexibility index (Phi) is 5.07. The van der Waals surface area contributed by atoms with E-state index < -0.39 is 12.2 Å². The summed E-state index contributed by atoms with van der Waals surface area (Å²) in [5.74, 6) is 0.128. The minimum Gasteiger partial charge on any atom is -0.391 e. The van der Waals surface area contributed by atoms with Gasteiger partial charge in [0.2, 0.25) is 0 Å². The van der Waals surface area contributed by atoms with Crippen molar-refractivity contribution in [1.29, 1.82) is 0 Å². The number of ketones is 1. The lowest BCUT2D eigenvalue weighted by atomic mass is 10.1. The van der Waals surface area contributed by atoms with Crippen LogP contribution in [-0.2, 0) is 4.79 Å². The molecule has 66 valence electrons. The Hall–Kier alpha value is -0.410. The molecule has 0 aromatic carbocycles. The van der Waals surface area contributed by atoms with E-state index in [-0.39, 0.29) is 5.78 Å². The summed E-state index contributed by atoms with van der Waals surface area (Å²) in [5.41, 5.74) is 0. The van der Waals surface area contributed by atoms with Crippen molar-refractivity contribution >= 4 is 5.78 Å². The molecule has 0 fully saturated rings. The highest BCUT2D eigenvalue weighted by Gasteiger charge is 2.09. The number of carbonyl (C=O) groups excluding carboxylic acids is 1. The van der Waals surface area contributed by atoms with E-state index in [1.54, 1.807) is 6.92 Å². The number of aliphatic hydroxyl groups excluding tert-OH is 2. The summed E-state index contributed by atoms with van der Waals surface area (Å²) in [6, 6.07) is 0. The fourth-order valence-electron chi connectivity index (χ4n) is 0.801. The van der Waals surface area contributed by atoms with Crippen LogP contribution in [0, 0.1) is 0 Å².